The van der Waals surface area contributed by atoms with Crippen LogP contribution in [0.4, 0.5) is 5.69 Å². The van der Waals surface area contributed by atoms with E-state index in [4.69, 9.17) is 4.74 Å². The molecule has 5 nitrogen and oxygen atoms in total. The summed E-state index contributed by atoms with van der Waals surface area (Å²) in [5.41, 5.74) is 3.42. The topological polar surface area (TPSA) is 67.4 Å². The van der Waals surface area contributed by atoms with Crippen molar-refractivity contribution in [3.63, 3.8) is 0 Å². The van der Waals surface area contributed by atoms with Crippen molar-refractivity contribution in [2.45, 2.75) is 20.4 Å². The van der Waals surface area contributed by atoms with E-state index < -0.39 is 10.2 Å². The Morgan fingerprint density at radius 2 is 2.06 bits per heavy atom. The van der Waals surface area contributed by atoms with Crippen LogP contribution in [0.25, 0.3) is 0 Å². The number of anilines is 1. The Balaban J connectivity index is 2.63. The molecule has 1 aromatic carbocycles. The number of nitrogens with one attached hydrogen (secondary N) is 2. The molecule has 0 fully saturated rings. The van der Waals surface area contributed by atoms with Crippen molar-refractivity contribution in [2.24, 2.45) is 0 Å². The molecule has 0 bridgehead atoms. The summed E-state index contributed by atoms with van der Waals surface area (Å²) in [5.74, 6) is 0.777. The standard InChI is InChI=1S/C10H14N2O3S/c1-6-4-9(15-3)7(2)8-5-11-16(13,14)12-10(6)8/h4,11-12H,5H2,1-3H3. The van der Waals surface area contributed by atoms with Crippen LogP contribution < -0.4 is 14.2 Å². The Kier molecular flexibility index (Phi) is 2.55. The Bertz CT molecular complexity index is 537. The molecule has 0 spiro atoms. The van der Waals surface area contributed by atoms with Gasteiger partial charge < -0.3 is 4.74 Å². The minimum Gasteiger partial charge on any atom is -0.496 e. The number of methoxy groups -OCH3 is 1. The van der Waals surface area contributed by atoms with Gasteiger partial charge in [0.15, 0.2) is 0 Å². The highest BCUT2D eigenvalue weighted by Gasteiger charge is 2.23. The molecule has 0 aliphatic carbocycles. The Labute approximate surface area is 95.0 Å². The minimum atomic E-state index is -3.40. The van der Waals surface area contributed by atoms with E-state index in [2.05, 4.69) is 9.44 Å². The molecule has 0 amide bonds. The summed E-state index contributed by atoms with van der Waals surface area (Å²) in [6.45, 7) is 4.07. The predicted octanol–water partition coefficient (Wildman–Crippen LogP) is 1.07. The van der Waals surface area contributed by atoms with E-state index in [0.717, 1.165) is 22.4 Å². The van der Waals surface area contributed by atoms with E-state index in [0.29, 0.717) is 12.2 Å². The molecule has 0 unspecified atom stereocenters. The van der Waals surface area contributed by atoms with Crippen molar-refractivity contribution < 1.29 is 13.2 Å². The molecule has 2 rings (SSSR count). The van der Waals surface area contributed by atoms with Crippen LogP contribution in [0.5, 0.6) is 5.75 Å². The fourth-order valence-electron chi connectivity index (χ4n) is 1.86. The lowest BCUT2D eigenvalue weighted by Gasteiger charge is -2.24. The van der Waals surface area contributed by atoms with Crippen molar-refractivity contribution in [2.75, 3.05) is 11.8 Å². The number of fused-ring (bicyclic) bond motifs is 1. The second kappa shape index (κ2) is 3.64. The number of aryl methyl sites for hydroxylation is 1. The lowest BCUT2D eigenvalue weighted by Crippen LogP contribution is -2.35. The molecule has 0 saturated heterocycles. The maximum atomic E-state index is 11.4. The molecular formula is C10H14N2O3S. The molecule has 88 valence electrons. The number of ether oxygens (including phenoxy) is 1. The van der Waals surface area contributed by atoms with Crippen LogP contribution in [0.2, 0.25) is 0 Å². The van der Waals surface area contributed by atoms with E-state index in [1.807, 2.05) is 19.9 Å². The number of rotatable bonds is 1. The Hall–Kier alpha value is -1.27. The van der Waals surface area contributed by atoms with Gasteiger partial charge in [0, 0.05) is 6.54 Å². The van der Waals surface area contributed by atoms with Gasteiger partial charge >= 0.3 is 0 Å². The third-order valence-corrected chi connectivity index (χ3v) is 3.76. The molecule has 0 radical (unpaired) electrons. The van der Waals surface area contributed by atoms with Crippen LogP contribution in [-0.2, 0) is 16.8 Å². The predicted molar refractivity (Wildman–Crippen MR) is 61.9 cm³/mol. The van der Waals surface area contributed by atoms with Gasteiger partial charge in [0.25, 0.3) is 10.2 Å². The molecule has 1 aromatic rings. The highest BCUT2D eigenvalue weighted by molar-refractivity contribution is 7.90. The summed E-state index contributed by atoms with van der Waals surface area (Å²) in [6.07, 6.45) is 0. The van der Waals surface area contributed by atoms with Crippen LogP contribution in [0.15, 0.2) is 6.07 Å². The smallest absolute Gasteiger partial charge is 0.299 e. The second-order valence-corrected chi connectivity index (χ2v) is 5.30. The summed E-state index contributed by atoms with van der Waals surface area (Å²) in [5, 5.41) is 0. The fourth-order valence-corrected chi connectivity index (χ4v) is 2.82. The Morgan fingerprint density at radius 3 is 2.69 bits per heavy atom. The van der Waals surface area contributed by atoms with Gasteiger partial charge in [0.1, 0.15) is 5.75 Å². The maximum absolute atomic E-state index is 11.4. The van der Waals surface area contributed by atoms with Gasteiger partial charge in [-0.25, -0.2) is 0 Å². The normalized spacial score (nSPS) is 17.4. The van der Waals surface area contributed by atoms with Crippen LogP contribution in [0, 0.1) is 13.8 Å². The number of hydrogen-bond acceptors (Lipinski definition) is 3. The van der Waals surface area contributed by atoms with Gasteiger partial charge in [0.05, 0.1) is 12.8 Å². The number of benzene rings is 1. The van der Waals surface area contributed by atoms with Crippen LogP contribution >= 0.6 is 0 Å². The highest BCUT2D eigenvalue weighted by Crippen LogP contribution is 2.34. The van der Waals surface area contributed by atoms with Gasteiger partial charge in [-0.15, -0.1) is 0 Å². The summed E-state index contributed by atoms with van der Waals surface area (Å²) >= 11 is 0. The monoisotopic (exact) mass is 242 g/mol. The Morgan fingerprint density at radius 1 is 1.38 bits per heavy atom. The molecule has 1 aliphatic heterocycles. The van der Waals surface area contributed by atoms with Gasteiger partial charge in [-0.3, -0.25) is 4.72 Å². The van der Waals surface area contributed by atoms with Crippen LogP contribution in [-0.4, -0.2) is 15.5 Å². The van der Waals surface area contributed by atoms with Gasteiger partial charge in [0.2, 0.25) is 0 Å². The van der Waals surface area contributed by atoms with Crippen molar-refractivity contribution in [3.8, 4) is 5.75 Å². The van der Waals surface area contributed by atoms with E-state index >= 15 is 0 Å². The van der Waals surface area contributed by atoms with Crippen molar-refractivity contribution in [1.82, 2.24) is 4.72 Å². The quantitative estimate of drug-likeness (QED) is 0.774. The highest BCUT2D eigenvalue weighted by atomic mass is 32.2. The third-order valence-electron chi connectivity index (χ3n) is 2.76. The van der Waals surface area contributed by atoms with E-state index in [9.17, 15) is 8.42 Å². The third kappa shape index (κ3) is 1.74. The van der Waals surface area contributed by atoms with E-state index in [1.165, 1.54) is 0 Å². The first-order valence-electron chi connectivity index (χ1n) is 4.89. The first kappa shape index (κ1) is 11.2. The first-order valence-corrected chi connectivity index (χ1v) is 6.37. The lowest BCUT2D eigenvalue weighted by atomic mass is 10.0. The van der Waals surface area contributed by atoms with Crippen LogP contribution in [0.1, 0.15) is 16.7 Å². The fraction of sp³-hybridized carbons (Fsp3) is 0.400. The molecule has 2 N–H and O–H groups in total. The number of hydrogen-bond donors (Lipinski definition) is 2. The largest absolute Gasteiger partial charge is 0.496 e. The summed E-state index contributed by atoms with van der Waals surface area (Å²) in [7, 11) is -1.79. The zero-order valence-electron chi connectivity index (χ0n) is 9.42. The molecule has 0 aromatic heterocycles. The maximum Gasteiger partial charge on any atom is 0.299 e. The van der Waals surface area contributed by atoms with E-state index in [1.54, 1.807) is 7.11 Å². The van der Waals surface area contributed by atoms with Crippen LogP contribution in [0.3, 0.4) is 0 Å². The molecule has 6 heteroatoms. The minimum absolute atomic E-state index is 0.300. The molecular weight excluding hydrogens is 228 g/mol. The van der Waals surface area contributed by atoms with Crippen molar-refractivity contribution in [3.05, 3.63) is 22.8 Å². The van der Waals surface area contributed by atoms with E-state index in [-0.39, 0.29) is 0 Å². The SMILES string of the molecule is COc1cc(C)c2c(c1C)CNS(=O)(=O)N2. The molecule has 1 heterocycles. The average molecular weight is 242 g/mol. The lowest BCUT2D eigenvalue weighted by molar-refractivity contribution is 0.410. The molecule has 1 aliphatic rings. The van der Waals surface area contributed by atoms with Gasteiger partial charge in [-0.1, -0.05) is 0 Å². The average Bonchev–Trinajstić information content (AvgIpc) is 2.22. The summed E-state index contributed by atoms with van der Waals surface area (Å²) < 4.78 is 32.9. The van der Waals surface area contributed by atoms with Crippen molar-refractivity contribution in [1.29, 1.82) is 0 Å². The van der Waals surface area contributed by atoms with Gasteiger partial charge in [-0.05, 0) is 36.6 Å². The first-order chi connectivity index (χ1) is 7.44. The molecule has 16 heavy (non-hydrogen) atoms. The second-order valence-electron chi connectivity index (χ2n) is 3.80. The molecule has 0 saturated carbocycles. The van der Waals surface area contributed by atoms with Gasteiger partial charge in [-0.2, -0.15) is 13.1 Å². The van der Waals surface area contributed by atoms with Crippen molar-refractivity contribution >= 4 is 15.9 Å². The summed E-state index contributed by atoms with van der Waals surface area (Å²) in [4.78, 5) is 0. The molecule has 0 atom stereocenters. The summed E-state index contributed by atoms with van der Waals surface area (Å²) in [6, 6.07) is 1.84. The zero-order chi connectivity index (χ0) is 11.9. The zero-order valence-corrected chi connectivity index (χ0v) is 10.2.